The molecule has 1 aromatic heterocycles. The monoisotopic (exact) mass is 436 g/mol. The highest BCUT2D eigenvalue weighted by Crippen LogP contribution is 2.27. The number of amides is 2. The van der Waals surface area contributed by atoms with Crippen molar-refractivity contribution in [3.05, 3.63) is 65.9 Å². The van der Waals surface area contributed by atoms with Crippen LogP contribution in [-0.4, -0.2) is 50.0 Å². The van der Waals surface area contributed by atoms with E-state index < -0.39 is 23.9 Å². The summed E-state index contributed by atoms with van der Waals surface area (Å²) in [5.41, 5.74) is 1.80. The number of hydrogen-bond acceptors (Lipinski definition) is 6. The van der Waals surface area contributed by atoms with E-state index >= 15 is 0 Å². The zero-order valence-corrected chi connectivity index (χ0v) is 17.6. The van der Waals surface area contributed by atoms with E-state index in [2.05, 4.69) is 10.6 Å². The van der Waals surface area contributed by atoms with Crippen LogP contribution in [0, 0.1) is 5.92 Å². The molecule has 4 N–H and O–H groups in total. The van der Waals surface area contributed by atoms with Gasteiger partial charge in [-0.2, -0.15) is 0 Å². The molecule has 166 valence electrons. The topological polar surface area (TPSA) is 124 Å². The minimum atomic E-state index is -1.39. The Kier molecular flexibility index (Phi) is 5.79. The van der Waals surface area contributed by atoms with E-state index in [0.29, 0.717) is 27.7 Å². The molecule has 2 amide bonds. The molecule has 4 rings (SSSR count). The normalized spacial score (nSPS) is 19.8. The van der Waals surface area contributed by atoms with Crippen LogP contribution < -0.4 is 10.6 Å². The molecule has 9 heteroatoms. The lowest BCUT2D eigenvalue weighted by molar-refractivity contribution is -0.324. The van der Waals surface area contributed by atoms with E-state index in [9.17, 15) is 24.8 Å². The Morgan fingerprint density at radius 3 is 2.41 bits per heavy atom. The van der Waals surface area contributed by atoms with Crippen LogP contribution >= 0.6 is 0 Å². The fourth-order valence-corrected chi connectivity index (χ4v) is 3.97. The van der Waals surface area contributed by atoms with E-state index in [1.807, 2.05) is 0 Å². The number of aromatic nitrogens is 1. The molecule has 1 aliphatic heterocycles. The van der Waals surface area contributed by atoms with Crippen molar-refractivity contribution < 1.29 is 24.8 Å². The van der Waals surface area contributed by atoms with Crippen molar-refractivity contribution in [2.24, 2.45) is 5.92 Å². The van der Waals surface area contributed by atoms with Crippen LogP contribution in [0.25, 0.3) is 10.9 Å². The summed E-state index contributed by atoms with van der Waals surface area (Å²) in [6.45, 7) is 3.52. The van der Waals surface area contributed by atoms with E-state index in [1.165, 1.54) is 4.57 Å². The van der Waals surface area contributed by atoms with E-state index in [4.69, 9.17) is 0 Å². The second kappa shape index (κ2) is 8.54. The number of nitrogens with one attached hydrogen (secondary N) is 2. The van der Waals surface area contributed by atoms with E-state index in [0.717, 1.165) is 0 Å². The maximum absolute atomic E-state index is 13.5. The molecule has 2 bridgehead atoms. The Morgan fingerprint density at radius 1 is 1.00 bits per heavy atom. The van der Waals surface area contributed by atoms with Gasteiger partial charge < -0.3 is 10.6 Å². The van der Waals surface area contributed by atoms with Crippen LogP contribution in [0.15, 0.2) is 54.7 Å². The third-order valence-electron chi connectivity index (χ3n) is 5.67. The number of carbonyl (C=O) groups is 3. The van der Waals surface area contributed by atoms with Gasteiger partial charge in [0, 0.05) is 18.0 Å². The standard InChI is InChI=1S/C23H24N4O5/c1-13(2)20-22(29)24-17-9-5-3-8-16(17)23(30)26-12-14(15-7-4-6-10-18(15)26)11-19(27(31)32)21(28)25-20/h3-10,12-13,19-20,31-32H,11H2,1-2H3,(H,24,29)(H,25,28). The summed E-state index contributed by atoms with van der Waals surface area (Å²) >= 11 is 0. The fraction of sp³-hybridized carbons (Fsp3) is 0.261. The van der Waals surface area contributed by atoms with Crippen LogP contribution in [0.2, 0.25) is 0 Å². The summed E-state index contributed by atoms with van der Waals surface area (Å²) in [5, 5.41) is 25.5. The highest BCUT2D eigenvalue weighted by Gasteiger charge is 2.33. The van der Waals surface area contributed by atoms with Crippen molar-refractivity contribution in [3.8, 4) is 0 Å². The van der Waals surface area contributed by atoms with Gasteiger partial charge in [0.05, 0.1) is 16.8 Å². The highest BCUT2D eigenvalue weighted by molar-refractivity contribution is 6.09. The second-order valence-corrected chi connectivity index (χ2v) is 8.15. The minimum absolute atomic E-state index is 0.0896. The number of anilines is 1. The summed E-state index contributed by atoms with van der Waals surface area (Å²) in [5.74, 6) is -1.88. The van der Waals surface area contributed by atoms with Gasteiger partial charge in [-0.15, -0.1) is 0 Å². The predicted octanol–water partition coefficient (Wildman–Crippen LogP) is 2.41. The number of carbonyl (C=O) groups excluding carboxylic acids is 3. The van der Waals surface area contributed by atoms with Gasteiger partial charge in [-0.3, -0.25) is 29.4 Å². The number of fused-ring (bicyclic) bond motifs is 6. The van der Waals surface area contributed by atoms with Gasteiger partial charge in [0.2, 0.25) is 11.8 Å². The van der Waals surface area contributed by atoms with Crippen LogP contribution in [0.3, 0.4) is 0 Å². The molecule has 32 heavy (non-hydrogen) atoms. The van der Waals surface area contributed by atoms with Gasteiger partial charge >= 0.3 is 0 Å². The summed E-state index contributed by atoms with van der Waals surface area (Å²) in [7, 11) is 0. The summed E-state index contributed by atoms with van der Waals surface area (Å²) in [6, 6.07) is 11.5. The summed E-state index contributed by atoms with van der Waals surface area (Å²) < 4.78 is 1.45. The zero-order valence-electron chi connectivity index (χ0n) is 17.6. The number of nitrogens with zero attached hydrogens (tertiary/aromatic N) is 2. The molecule has 0 saturated heterocycles. The zero-order chi connectivity index (χ0) is 23.0. The van der Waals surface area contributed by atoms with Crippen LogP contribution in [0.1, 0.15) is 29.8 Å². The van der Waals surface area contributed by atoms with Gasteiger partial charge in [0.1, 0.15) is 12.1 Å². The number of para-hydroxylation sites is 2. The minimum Gasteiger partial charge on any atom is -0.343 e. The van der Waals surface area contributed by atoms with Crippen molar-refractivity contribution in [1.82, 2.24) is 15.1 Å². The number of hydroxylamine groups is 2. The molecule has 0 aliphatic carbocycles. The van der Waals surface area contributed by atoms with Gasteiger partial charge in [-0.25, -0.2) is 0 Å². The average molecular weight is 436 g/mol. The molecule has 0 radical (unpaired) electrons. The van der Waals surface area contributed by atoms with Crippen molar-refractivity contribution in [3.63, 3.8) is 0 Å². The second-order valence-electron chi connectivity index (χ2n) is 8.15. The number of rotatable bonds is 2. The highest BCUT2D eigenvalue weighted by atomic mass is 16.8. The molecule has 0 saturated carbocycles. The first-order valence-electron chi connectivity index (χ1n) is 10.3. The maximum atomic E-state index is 13.5. The fourth-order valence-electron chi connectivity index (χ4n) is 3.97. The Bertz CT molecular complexity index is 1200. The summed E-state index contributed by atoms with van der Waals surface area (Å²) in [6.07, 6.45) is 1.50. The van der Waals surface area contributed by atoms with Crippen LogP contribution in [0.4, 0.5) is 5.69 Å². The molecule has 2 unspecified atom stereocenters. The van der Waals surface area contributed by atoms with E-state index in [-0.39, 0.29) is 23.5 Å². The molecule has 2 atom stereocenters. The SMILES string of the molecule is CC(C)C1NC(=O)C(N(O)O)Cc2cn(c3ccccc23)C(=O)c2ccccc2NC1=O. The van der Waals surface area contributed by atoms with Crippen LogP contribution in [-0.2, 0) is 16.0 Å². The van der Waals surface area contributed by atoms with Gasteiger partial charge in [0.15, 0.2) is 0 Å². The Hall–Kier alpha value is -3.53. The summed E-state index contributed by atoms with van der Waals surface area (Å²) in [4.78, 5) is 39.5. The molecule has 0 spiro atoms. The maximum Gasteiger partial charge on any atom is 0.264 e. The predicted molar refractivity (Wildman–Crippen MR) is 116 cm³/mol. The molecule has 0 fully saturated rings. The Labute approximate surface area is 184 Å². The molecule has 3 aromatic rings. The quantitative estimate of drug-likeness (QED) is 0.458. The van der Waals surface area contributed by atoms with Crippen molar-refractivity contribution in [2.75, 3.05) is 5.32 Å². The van der Waals surface area contributed by atoms with Crippen LogP contribution in [0.5, 0.6) is 0 Å². The Morgan fingerprint density at radius 2 is 1.69 bits per heavy atom. The number of benzene rings is 2. The molecule has 2 heterocycles. The van der Waals surface area contributed by atoms with Gasteiger partial charge in [0.25, 0.3) is 5.91 Å². The van der Waals surface area contributed by atoms with Crippen molar-refractivity contribution >= 4 is 34.3 Å². The molecule has 9 nitrogen and oxygen atoms in total. The van der Waals surface area contributed by atoms with Crippen molar-refractivity contribution in [1.29, 1.82) is 0 Å². The first kappa shape index (κ1) is 21.7. The lowest BCUT2D eigenvalue weighted by Gasteiger charge is -2.26. The smallest absolute Gasteiger partial charge is 0.264 e. The van der Waals surface area contributed by atoms with Crippen molar-refractivity contribution in [2.45, 2.75) is 32.4 Å². The first-order valence-corrected chi connectivity index (χ1v) is 10.3. The van der Waals surface area contributed by atoms with Gasteiger partial charge in [-0.05, 0) is 29.7 Å². The first-order chi connectivity index (χ1) is 15.3. The molecular formula is C23H24N4O5. The molecular weight excluding hydrogens is 412 g/mol. The lowest BCUT2D eigenvalue weighted by Crippen LogP contribution is -2.53. The molecule has 2 aromatic carbocycles. The third-order valence-corrected chi connectivity index (χ3v) is 5.67. The largest absolute Gasteiger partial charge is 0.343 e. The number of hydrogen-bond donors (Lipinski definition) is 4. The van der Waals surface area contributed by atoms with E-state index in [1.54, 1.807) is 68.6 Å². The average Bonchev–Trinajstić information content (AvgIpc) is 3.13. The third kappa shape index (κ3) is 3.89. The van der Waals surface area contributed by atoms with Gasteiger partial charge in [-0.1, -0.05) is 49.4 Å². The Balaban J connectivity index is 1.93. The lowest BCUT2D eigenvalue weighted by atomic mass is 10.0. The molecule has 1 aliphatic rings.